The Morgan fingerprint density at radius 2 is 1.67 bits per heavy atom. The molecule has 1 saturated heterocycles. The van der Waals surface area contributed by atoms with E-state index < -0.39 is 36.7 Å². The molecule has 2 aromatic rings. The van der Waals surface area contributed by atoms with E-state index in [9.17, 15) is 21.2 Å². The number of sulfone groups is 2. The van der Waals surface area contributed by atoms with Crippen LogP contribution in [0.5, 0.6) is 0 Å². The molecule has 1 heterocycles. The molecule has 0 aliphatic carbocycles. The summed E-state index contributed by atoms with van der Waals surface area (Å²) in [6.07, 6.45) is 0. The Morgan fingerprint density at radius 3 is 2.23 bits per heavy atom. The molecule has 0 bridgehead atoms. The molecule has 0 amide bonds. The van der Waals surface area contributed by atoms with Gasteiger partial charge < -0.3 is 10.2 Å². The lowest BCUT2D eigenvalue weighted by molar-refractivity contribution is 0.281. The molecular formula is C21H27FN2O4S2. The highest BCUT2D eigenvalue weighted by Crippen LogP contribution is 2.27. The number of hydrogen-bond donors (Lipinski definition) is 1. The summed E-state index contributed by atoms with van der Waals surface area (Å²) in [4.78, 5) is 2.05. The summed E-state index contributed by atoms with van der Waals surface area (Å²) in [7, 11) is -3.58. The molecule has 0 saturated carbocycles. The van der Waals surface area contributed by atoms with Crippen LogP contribution in [-0.4, -0.2) is 65.2 Å². The molecule has 0 aromatic heterocycles. The highest BCUT2D eigenvalue weighted by atomic mass is 32.2. The van der Waals surface area contributed by atoms with Gasteiger partial charge in [-0.1, -0.05) is 29.8 Å². The fourth-order valence-electron chi connectivity index (χ4n) is 3.76. The van der Waals surface area contributed by atoms with Crippen molar-refractivity contribution < 1.29 is 21.2 Å². The molecule has 2 aromatic carbocycles. The molecule has 1 aliphatic rings. The Balaban J connectivity index is 1.83. The molecule has 0 spiro atoms. The summed E-state index contributed by atoms with van der Waals surface area (Å²) in [5.41, 5.74) is 1.78. The SMILES string of the molecule is Cc1ccc(S(=O)(=O)[C@H]2CS(=O)(=O)C[C@@H]2NCC(c2ccc(F)cc2)N(C)C)cc1. The number of nitrogens with one attached hydrogen (secondary N) is 1. The van der Waals surface area contributed by atoms with Crippen molar-refractivity contribution in [2.45, 2.75) is 29.2 Å². The van der Waals surface area contributed by atoms with Gasteiger partial charge in [-0.05, 0) is 50.8 Å². The Morgan fingerprint density at radius 1 is 1.07 bits per heavy atom. The van der Waals surface area contributed by atoms with Crippen LogP contribution in [0, 0.1) is 12.7 Å². The normalized spacial score (nSPS) is 22.3. The Labute approximate surface area is 177 Å². The van der Waals surface area contributed by atoms with Crippen LogP contribution in [0.1, 0.15) is 17.2 Å². The molecular weight excluding hydrogens is 427 g/mol. The first-order chi connectivity index (χ1) is 14.0. The van der Waals surface area contributed by atoms with Gasteiger partial charge in [0.05, 0.1) is 21.7 Å². The van der Waals surface area contributed by atoms with Crippen LogP contribution >= 0.6 is 0 Å². The van der Waals surface area contributed by atoms with Crippen molar-refractivity contribution in [1.29, 1.82) is 0 Å². The van der Waals surface area contributed by atoms with E-state index in [1.165, 1.54) is 24.3 Å². The third-order valence-electron chi connectivity index (χ3n) is 5.50. The average molecular weight is 455 g/mol. The summed E-state index contributed by atoms with van der Waals surface area (Å²) in [6.45, 7) is 2.19. The number of rotatable bonds is 7. The lowest BCUT2D eigenvalue weighted by Crippen LogP contribution is -2.46. The standard InChI is InChI=1S/C21H27FN2O4S2/c1-15-4-10-18(11-5-15)30(27,28)21-14-29(25,26)13-19(21)23-12-20(24(2)3)16-6-8-17(22)9-7-16/h4-11,19-21,23H,12-14H2,1-3H3/t19-,20?,21-/m0/s1. The van der Waals surface area contributed by atoms with E-state index >= 15 is 0 Å². The fraction of sp³-hybridized carbons (Fsp3) is 0.429. The molecule has 3 atom stereocenters. The van der Waals surface area contributed by atoms with Gasteiger partial charge in [-0.2, -0.15) is 0 Å². The van der Waals surface area contributed by atoms with E-state index in [4.69, 9.17) is 0 Å². The predicted molar refractivity (Wildman–Crippen MR) is 115 cm³/mol. The second-order valence-electron chi connectivity index (χ2n) is 8.02. The predicted octanol–water partition coefficient (Wildman–Crippen LogP) is 1.97. The van der Waals surface area contributed by atoms with E-state index in [2.05, 4.69) is 5.32 Å². The second kappa shape index (κ2) is 8.74. The number of benzene rings is 2. The van der Waals surface area contributed by atoms with Gasteiger partial charge in [-0.15, -0.1) is 0 Å². The van der Waals surface area contributed by atoms with Crippen LogP contribution in [0.25, 0.3) is 0 Å². The van der Waals surface area contributed by atoms with Gasteiger partial charge in [0.15, 0.2) is 19.7 Å². The van der Waals surface area contributed by atoms with Gasteiger partial charge in [0, 0.05) is 18.6 Å². The molecule has 1 N–H and O–H groups in total. The summed E-state index contributed by atoms with van der Waals surface area (Å²) in [6, 6.07) is 11.7. The van der Waals surface area contributed by atoms with E-state index in [-0.39, 0.29) is 22.5 Å². The van der Waals surface area contributed by atoms with Gasteiger partial charge in [0.2, 0.25) is 0 Å². The maximum absolute atomic E-state index is 13.3. The van der Waals surface area contributed by atoms with Crippen LogP contribution in [0.3, 0.4) is 0 Å². The number of likely N-dealkylation sites (N-methyl/N-ethyl adjacent to an activating group) is 1. The first-order valence-electron chi connectivity index (χ1n) is 9.66. The summed E-state index contributed by atoms with van der Waals surface area (Å²) in [5.74, 6) is -0.966. The van der Waals surface area contributed by atoms with Crippen molar-refractivity contribution in [1.82, 2.24) is 10.2 Å². The van der Waals surface area contributed by atoms with Crippen LogP contribution in [0.2, 0.25) is 0 Å². The first-order valence-corrected chi connectivity index (χ1v) is 13.0. The minimum Gasteiger partial charge on any atom is -0.310 e. The summed E-state index contributed by atoms with van der Waals surface area (Å²) < 4.78 is 64.2. The molecule has 164 valence electrons. The average Bonchev–Trinajstić information content (AvgIpc) is 2.99. The van der Waals surface area contributed by atoms with E-state index in [0.717, 1.165) is 11.1 Å². The molecule has 1 unspecified atom stereocenters. The third kappa shape index (κ3) is 5.08. The van der Waals surface area contributed by atoms with Crippen molar-refractivity contribution >= 4 is 19.7 Å². The zero-order valence-corrected chi connectivity index (χ0v) is 18.9. The lowest BCUT2D eigenvalue weighted by atomic mass is 10.1. The van der Waals surface area contributed by atoms with Gasteiger partial charge in [0.25, 0.3) is 0 Å². The molecule has 0 radical (unpaired) electrons. The largest absolute Gasteiger partial charge is 0.310 e. The van der Waals surface area contributed by atoms with Crippen molar-refractivity contribution in [3.05, 3.63) is 65.5 Å². The van der Waals surface area contributed by atoms with Crippen LogP contribution in [-0.2, 0) is 19.7 Å². The molecule has 30 heavy (non-hydrogen) atoms. The van der Waals surface area contributed by atoms with Gasteiger partial charge in [-0.25, -0.2) is 21.2 Å². The zero-order chi connectivity index (χ0) is 22.1. The topological polar surface area (TPSA) is 83.5 Å². The van der Waals surface area contributed by atoms with Crippen molar-refractivity contribution in [3.63, 3.8) is 0 Å². The van der Waals surface area contributed by atoms with E-state index in [0.29, 0.717) is 6.54 Å². The quantitative estimate of drug-likeness (QED) is 0.689. The van der Waals surface area contributed by atoms with Gasteiger partial charge in [0.1, 0.15) is 5.82 Å². The minimum absolute atomic E-state index is 0.129. The fourth-order valence-corrected chi connectivity index (χ4v) is 8.48. The maximum atomic E-state index is 13.3. The molecule has 9 heteroatoms. The van der Waals surface area contributed by atoms with Gasteiger partial charge in [-0.3, -0.25) is 0 Å². The van der Waals surface area contributed by atoms with Crippen molar-refractivity contribution in [3.8, 4) is 0 Å². The lowest BCUT2D eigenvalue weighted by Gasteiger charge is -2.28. The van der Waals surface area contributed by atoms with Crippen LogP contribution in [0.15, 0.2) is 53.4 Å². The maximum Gasteiger partial charge on any atom is 0.183 e. The van der Waals surface area contributed by atoms with Crippen molar-refractivity contribution in [2.75, 3.05) is 32.1 Å². The first kappa shape index (κ1) is 22.9. The minimum atomic E-state index is -3.82. The number of aryl methyl sites for hydroxylation is 1. The molecule has 6 nitrogen and oxygen atoms in total. The van der Waals surface area contributed by atoms with Crippen molar-refractivity contribution in [2.24, 2.45) is 0 Å². The highest BCUT2D eigenvalue weighted by Gasteiger charge is 2.45. The Bertz CT molecular complexity index is 1080. The van der Waals surface area contributed by atoms with E-state index in [1.807, 2.05) is 25.9 Å². The Kier molecular flexibility index (Phi) is 6.66. The summed E-state index contributed by atoms with van der Waals surface area (Å²) >= 11 is 0. The van der Waals surface area contributed by atoms with Crippen LogP contribution in [0.4, 0.5) is 4.39 Å². The zero-order valence-electron chi connectivity index (χ0n) is 17.2. The monoisotopic (exact) mass is 454 g/mol. The van der Waals surface area contributed by atoms with E-state index in [1.54, 1.807) is 24.3 Å². The highest BCUT2D eigenvalue weighted by molar-refractivity contribution is 7.96. The smallest absolute Gasteiger partial charge is 0.183 e. The summed E-state index contributed by atoms with van der Waals surface area (Å²) in [5, 5.41) is 2.12. The number of nitrogens with zero attached hydrogens (tertiary/aromatic N) is 1. The second-order valence-corrected chi connectivity index (χ2v) is 12.3. The number of hydrogen-bond acceptors (Lipinski definition) is 6. The molecule has 1 aliphatic heterocycles. The Hall–Kier alpha value is -1.81. The number of halogens is 1. The van der Waals surface area contributed by atoms with Crippen LogP contribution < -0.4 is 5.32 Å². The van der Waals surface area contributed by atoms with Gasteiger partial charge >= 0.3 is 0 Å². The molecule has 1 fully saturated rings. The molecule has 3 rings (SSSR count). The third-order valence-corrected chi connectivity index (χ3v) is 9.67.